The second kappa shape index (κ2) is 5.79. The molecule has 0 saturated carbocycles. The highest BCUT2D eigenvalue weighted by Crippen LogP contribution is 1.93. The van der Waals surface area contributed by atoms with Gasteiger partial charge in [0.1, 0.15) is 6.29 Å². The molecular weight excluding hydrogens is 196 g/mol. The van der Waals surface area contributed by atoms with Crippen molar-refractivity contribution in [1.82, 2.24) is 20.2 Å². The molecule has 2 amide bonds. The van der Waals surface area contributed by atoms with Crippen LogP contribution in [0.3, 0.4) is 0 Å². The molecule has 0 aromatic carbocycles. The molecule has 0 radical (unpaired) electrons. The van der Waals surface area contributed by atoms with E-state index in [2.05, 4.69) is 15.6 Å². The largest absolute Gasteiger partial charge is 0.340 e. The minimum absolute atomic E-state index is 0.0371. The van der Waals surface area contributed by atoms with E-state index in [0.717, 1.165) is 5.69 Å². The van der Waals surface area contributed by atoms with Gasteiger partial charge in [-0.25, -0.2) is 9.78 Å². The van der Waals surface area contributed by atoms with E-state index in [4.69, 9.17) is 0 Å². The maximum absolute atomic E-state index is 11.0. The second-order valence-electron chi connectivity index (χ2n) is 3.08. The third-order valence-electron chi connectivity index (χ3n) is 1.77. The molecule has 0 spiro atoms. The quantitative estimate of drug-likeness (QED) is 0.641. The Labute approximate surface area is 87.7 Å². The number of aldehydes is 1. The van der Waals surface area contributed by atoms with Gasteiger partial charge < -0.3 is 20.0 Å². The molecule has 6 nitrogen and oxygen atoms in total. The third-order valence-corrected chi connectivity index (χ3v) is 1.77. The SMILES string of the molecule is Cn1cnc(CCNC(=O)NCC=O)c1. The van der Waals surface area contributed by atoms with Crippen LogP contribution >= 0.6 is 0 Å². The van der Waals surface area contributed by atoms with Crippen LogP contribution in [0.1, 0.15) is 5.69 Å². The number of aromatic nitrogens is 2. The number of imidazole rings is 1. The molecule has 15 heavy (non-hydrogen) atoms. The van der Waals surface area contributed by atoms with E-state index in [9.17, 15) is 9.59 Å². The first-order valence-electron chi connectivity index (χ1n) is 4.64. The van der Waals surface area contributed by atoms with Crippen molar-refractivity contribution in [3.05, 3.63) is 18.2 Å². The van der Waals surface area contributed by atoms with Crippen LogP contribution < -0.4 is 10.6 Å². The zero-order valence-corrected chi connectivity index (χ0v) is 8.56. The molecule has 1 heterocycles. The summed E-state index contributed by atoms with van der Waals surface area (Å²) in [5.41, 5.74) is 0.924. The Kier molecular flexibility index (Phi) is 4.33. The fourth-order valence-electron chi connectivity index (χ4n) is 1.10. The standard InChI is InChI=1S/C9H14N4O2/c1-13-6-8(12-7-13)2-3-10-9(15)11-4-5-14/h5-7H,2-4H2,1H3,(H2,10,11,15). The second-order valence-corrected chi connectivity index (χ2v) is 3.08. The molecule has 82 valence electrons. The van der Waals surface area contributed by atoms with Crippen molar-refractivity contribution in [3.63, 3.8) is 0 Å². The van der Waals surface area contributed by atoms with Crippen LogP contribution in [-0.2, 0) is 18.3 Å². The Hall–Kier alpha value is -1.85. The number of hydrogen-bond acceptors (Lipinski definition) is 3. The van der Waals surface area contributed by atoms with Crippen LogP contribution in [0.25, 0.3) is 0 Å². The molecule has 1 aromatic heterocycles. The van der Waals surface area contributed by atoms with Crippen molar-refractivity contribution in [3.8, 4) is 0 Å². The lowest BCUT2D eigenvalue weighted by atomic mass is 10.3. The highest BCUT2D eigenvalue weighted by molar-refractivity contribution is 5.76. The molecule has 0 unspecified atom stereocenters. The summed E-state index contributed by atoms with van der Waals surface area (Å²) in [4.78, 5) is 25.1. The number of amides is 2. The van der Waals surface area contributed by atoms with Gasteiger partial charge in [0.05, 0.1) is 18.6 Å². The first kappa shape index (κ1) is 11.2. The molecule has 0 atom stereocenters. The van der Waals surface area contributed by atoms with Gasteiger partial charge in [-0.1, -0.05) is 0 Å². The summed E-state index contributed by atoms with van der Waals surface area (Å²) >= 11 is 0. The van der Waals surface area contributed by atoms with Crippen LogP contribution in [0, 0.1) is 0 Å². The predicted molar refractivity (Wildman–Crippen MR) is 54.4 cm³/mol. The molecular formula is C9H14N4O2. The lowest BCUT2D eigenvalue weighted by Gasteiger charge is -2.03. The van der Waals surface area contributed by atoms with Crippen LogP contribution in [0.4, 0.5) is 4.79 Å². The Morgan fingerprint density at radius 3 is 3.00 bits per heavy atom. The number of carbonyl (C=O) groups is 2. The average Bonchev–Trinajstić information content (AvgIpc) is 2.61. The number of aryl methyl sites for hydroxylation is 1. The third kappa shape index (κ3) is 4.26. The summed E-state index contributed by atoms with van der Waals surface area (Å²) in [6, 6.07) is -0.335. The van der Waals surface area contributed by atoms with Crippen molar-refractivity contribution < 1.29 is 9.59 Å². The van der Waals surface area contributed by atoms with E-state index in [1.807, 2.05) is 17.8 Å². The van der Waals surface area contributed by atoms with Gasteiger partial charge in [0.2, 0.25) is 0 Å². The van der Waals surface area contributed by atoms with E-state index < -0.39 is 0 Å². The average molecular weight is 210 g/mol. The van der Waals surface area contributed by atoms with Crippen molar-refractivity contribution in [1.29, 1.82) is 0 Å². The van der Waals surface area contributed by atoms with Crippen molar-refractivity contribution in [2.45, 2.75) is 6.42 Å². The van der Waals surface area contributed by atoms with Gasteiger partial charge in [-0.05, 0) is 0 Å². The fraction of sp³-hybridized carbons (Fsp3) is 0.444. The molecule has 2 N–H and O–H groups in total. The van der Waals surface area contributed by atoms with Gasteiger partial charge in [-0.15, -0.1) is 0 Å². The summed E-state index contributed by atoms with van der Waals surface area (Å²) in [5.74, 6) is 0. The zero-order chi connectivity index (χ0) is 11.1. The number of carbonyl (C=O) groups excluding carboxylic acids is 2. The molecule has 0 bridgehead atoms. The van der Waals surface area contributed by atoms with Crippen LogP contribution in [0.2, 0.25) is 0 Å². The summed E-state index contributed by atoms with van der Waals surface area (Å²) in [6.45, 7) is 0.539. The molecule has 0 fully saturated rings. The summed E-state index contributed by atoms with van der Waals surface area (Å²) in [6.07, 6.45) is 4.92. The van der Waals surface area contributed by atoms with E-state index in [1.165, 1.54) is 0 Å². The smallest absolute Gasteiger partial charge is 0.315 e. The highest BCUT2D eigenvalue weighted by Gasteiger charge is 1.99. The van der Waals surface area contributed by atoms with Crippen molar-refractivity contribution in [2.75, 3.05) is 13.1 Å². The maximum atomic E-state index is 11.0. The first-order valence-corrected chi connectivity index (χ1v) is 4.64. The van der Waals surface area contributed by atoms with E-state index in [0.29, 0.717) is 19.3 Å². The van der Waals surface area contributed by atoms with Gasteiger partial charge in [0.15, 0.2) is 0 Å². The number of urea groups is 1. The molecule has 1 rings (SSSR count). The molecule has 1 aromatic rings. The topological polar surface area (TPSA) is 76.0 Å². The normalized spacial score (nSPS) is 9.67. The number of nitrogens with zero attached hydrogens (tertiary/aromatic N) is 2. The first-order chi connectivity index (χ1) is 7.22. The van der Waals surface area contributed by atoms with Crippen molar-refractivity contribution in [2.24, 2.45) is 7.05 Å². The van der Waals surface area contributed by atoms with Gasteiger partial charge in [-0.2, -0.15) is 0 Å². The molecule has 0 aliphatic heterocycles. The Bertz CT molecular complexity index is 335. The maximum Gasteiger partial charge on any atom is 0.315 e. The number of rotatable bonds is 5. The lowest BCUT2D eigenvalue weighted by Crippen LogP contribution is -2.37. The molecule has 0 saturated heterocycles. The predicted octanol–water partition coefficient (Wildman–Crippen LogP) is -0.539. The van der Waals surface area contributed by atoms with Gasteiger partial charge in [-0.3, -0.25) is 0 Å². The fourth-order valence-corrected chi connectivity index (χ4v) is 1.10. The van der Waals surface area contributed by atoms with Crippen LogP contribution in [0.5, 0.6) is 0 Å². The van der Waals surface area contributed by atoms with Gasteiger partial charge >= 0.3 is 6.03 Å². The summed E-state index contributed by atoms with van der Waals surface area (Å²) < 4.78 is 1.85. The van der Waals surface area contributed by atoms with Crippen LogP contribution in [-0.4, -0.2) is 35.0 Å². The zero-order valence-electron chi connectivity index (χ0n) is 8.56. The van der Waals surface area contributed by atoms with Gasteiger partial charge in [0.25, 0.3) is 0 Å². The Balaban J connectivity index is 2.16. The summed E-state index contributed by atoms with van der Waals surface area (Å²) in [5, 5.41) is 5.00. The number of hydrogen-bond donors (Lipinski definition) is 2. The monoisotopic (exact) mass is 210 g/mol. The lowest BCUT2D eigenvalue weighted by molar-refractivity contribution is -0.107. The number of nitrogens with one attached hydrogen (secondary N) is 2. The summed E-state index contributed by atoms with van der Waals surface area (Å²) in [7, 11) is 1.89. The van der Waals surface area contributed by atoms with E-state index >= 15 is 0 Å². The van der Waals surface area contributed by atoms with E-state index in [1.54, 1.807) is 6.33 Å². The van der Waals surface area contributed by atoms with Gasteiger partial charge in [0, 0.05) is 26.2 Å². The van der Waals surface area contributed by atoms with Crippen LogP contribution in [0.15, 0.2) is 12.5 Å². The molecule has 0 aliphatic carbocycles. The highest BCUT2D eigenvalue weighted by atomic mass is 16.2. The Morgan fingerprint density at radius 2 is 2.40 bits per heavy atom. The minimum atomic E-state index is -0.335. The Morgan fingerprint density at radius 1 is 1.60 bits per heavy atom. The molecule has 0 aliphatic rings. The molecule has 6 heteroatoms. The minimum Gasteiger partial charge on any atom is -0.340 e. The van der Waals surface area contributed by atoms with E-state index in [-0.39, 0.29) is 12.6 Å². The van der Waals surface area contributed by atoms with Crippen molar-refractivity contribution >= 4 is 12.3 Å².